The van der Waals surface area contributed by atoms with Gasteiger partial charge in [-0.15, -0.1) is 10.2 Å². The Balaban J connectivity index is 1.43. The molecule has 0 aromatic carbocycles. The third kappa shape index (κ3) is 3.87. The Morgan fingerprint density at radius 3 is 2.50 bits per heavy atom. The summed E-state index contributed by atoms with van der Waals surface area (Å²) >= 11 is 1.58. The zero-order valence-corrected chi connectivity index (χ0v) is 16.9. The third-order valence-corrected chi connectivity index (χ3v) is 7.00. The normalized spacial score (nSPS) is 24.9. The molecule has 2 saturated heterocycles. The van der Waals surface area contributed by atoms with Gasteiger partial charge in [0.25, 0.3) is 0 Å². The summed E-state index contributed by atoms with van der Waals surface area (Å²) < 4.78 is 2.31. The fraction of sp³-hybridized carbons (Fsp3) is 0.842. The largest absolute Gasteiger partial charge is 0.341 e. The molecule has 1 aromatic rings. The van der Waals surface area contributed by atoms with Crippen molar-refractivity contribution in [2.45, 2.75) is 76.0 Å². The smallest absolute Gasteiger partial charge is 0.233 e. The van der Waals surface area contributed by atoms with E-state index in [0.717, 1.165) is 49.5 Å². The highest BCUT2D eigenvalue weighted by molar-refractivity contribution is 7.99. The summed E-state index contributed by atoms with van der Waals surface area (Å²) in [6.07, 6.45) is 8.38. The molecule has 0 spiro atoms. The number of carbonyl (C=O) groups is 1. The molecular weight excluding hydrogens is 346 g/mol. The van der Waals surface area contributed by atoms with Gasteiger partial charge in [0, 0.05) is 31.7 Å². The molecule has 0 N–H and O–H groups in total. The fourth-order valence-corrected chi connectivity index (χ4v) is 5.01. The highest BCUT2D eigenvalue weighted by atomic mass is 32.2. The molecule has 7 heteroatoms. The summed E-state index contributed by atoms with van der Waals surface area (Å²) in [5, 5.41) is 9.93. The van der Waals surface area contributed by atoms with E-state index in [0.29, 0.717) is 17.8 Å². The molecule has 4 rings (SSSR count). The van der Waals surface area contributed by atoms with Crippen molar-refractivity contribution in [2.75, 3.05) is 30.3 Å². The number of piperidine rings is 2. The molecule has 0 radical (unpaired) electrons. The van der Waals surface area contributed by atoms with Gasteiger partial charge in [0.1, 0.15) is 0 Å². The molecule has 1 aromatic heterocycles. The second kappa shape index (κ2) is 7.79. The molecule has 1 saturated carbocycles. The van der Waals surface area contributed by atoms with Crippen LogP contribution < -0.4 is 4.90 Å². The summed E-state index contributed by atoms with van der Waals surface area (Å²) in [5.74, 6) is 2.56. The van der Waals surface area contributed by atoms with Crippen LogP contribution >= 0.6 is 11.8 Å². The summed E-state index contributed by atoms with van der Waals surface area (Å²) in [6, 6.07) is 0.912. The van der Waals surface area contributed by atoms with E-state index in [1.807, 2.05) is 0 Å². The molecule has 1 atom stereocenters. The van der Waals surface area contributed by atoms with Crippen LogP contribution in [0.15, 0.2) is 5.16 Å². The number of hydrogen-bond acceptors (Lipinski definition) is 5. The average Bonchev–Trinajstić information content (AvgIpc) is 3.40. The van der Waals surface area contributed by atoms with Crippen molar-refractivity contribution < 1.29 is 4.79 Å². The lowest BCUT2D eigenvalue weighted by Gasteiger charge is -2.33. The molecule has 3 aliphatic rings. The van der Waals surface area contributed by atoms with Gasteiger partial charge in [0.2, 0.25) is 11.9 Å². The number of rotatable bonds is 5. The number of anilines is 1. The quantitative estimate of drug-likeness (QED) is 0.737. The first-order chi connectivity index (χ1) is 12.6. The predicted molar refractivity (Wildman–Crippen MR) is 105 cm³/mol. The van der Waals surface area contributed by atoms with E-state index in [9.17, 15) is 4.79 Å². The lowest BCUT2D eigenvalue weighted by molar-refractivity contribution is -0.131. The summed E-state index contributed by atoms with van der Waals surface area (Å²) in [5.41, 5.74) is 0. The van der Waals surface area contributed by atoms with Crippen LogP contribution in [0.4, 0.5) is 5.95 Å². The van der Waals surface area contributed by atoms with E-state index in [2.05, 4.69) is 38.4 Å². The van der Waals surface area contributed by atoms with Gasteiger partial charge in [-0.25, -0.2) is 0 Å². The monoisotopic (exact) mass is 377 g/mol. The van der Waals surface area contributed by atoms with Crippen LogP contribution in [0, 0.1) is 5.92 Å². The summed E-state index contributed by atoms with van der Waals surface area (Å²) in [6.45, 7) is 7.55. The maximum atomic E-state index is 12.7. The molecule has 0 bridgehead atoms. The lowest BCUT2D eigenvalue weighted by atomic mass is 10.00. The Morgan fingerprint density at radius 2 is 1.81 bits per heavy atom. The molecule has 144 valence electrons. The lowest BCUT2D eigenvalue weighted by Crippen LogP contribution is -2.43. The molecule has 1 unspecified atom stereocenters. The Morgan fingerprint density at radius 1 is 1.04 bits per heavy atom. The Hall–Kier alpha value is -1.24. The number of nitrogens with zero attached hydrogens (tertiary/aromatic N) is 5. The number of carbonyl (C=O) groups excluding carboxylic acids is 1. The first-order valence-corrected chi connectivity index (χ1v) is 11.2. The predicted octanol–water partition coefficient (Wildman–Crippen LogP) is 3.34. The van der Waals surface area contributed by atoms with E-state index in [4.69, 9.17) is 0 Å². The maximum Gasteiger partial charge on any atom is 0.233 e. The van der Waals surface area contributed by atoms with Crippen LogP contribution in [0.1, 0.15) is 64.8 Å². The van der Waals surface area contributed by atoms with Gasteiger partial charge >= 0.3 is 0 Å². The van der Waals surface area contributed by atoms with Gasteiger partial charge in [-0.1, -0.05) is 18.7 Å². The van der Waals surface area contributed by atoms with E-state index in [1.165, 1.54) is 32.1 Å². The first-order valence-electron chi connectivity index (χ1n) is 10.3. The standard InChI is InChI=1S/C19H31N5OS/c1-14-8-11-22(12-9-14)18-20-21-19(24(18)16-6-7-16)26-13-17(25)23-10-4-3-5-15(23)2/h14-16H,3-13H2,1-2H3. The minimum Gasteiger partial charge on any atom is -0.341 e. The molecule has 3 heterocycles. The van der Waals surface area contributed by atoms with Crippen molar-refractivity contribution in [1.82, 2.24) is 19.7 Å². The summed E-state index contributed by atoms with van der Waals surface area (Å²) in [4.78, 5) is 17.1. The van der Waals surface area contributed by atoms with E-state index in [1.54, 1.807) is 11.8 Å². The molecule has 2 aliphatic heterocycles. The number of aromatic nitrogens is 3. The van der Waals surface area contributed by atoms with Crippen molar-refractivity contribution in [1.29, 1.82) is 0 Å². The molecule has 1 aliphatic carbocycles. The van der Waals surface area contributed by atoms with E-state index < -0.39 is 0 Å². The van der Waals surface area contributed by atoms with Crippen LogP contribution in [0.5, 0.6) is 0 Å². The van der Waals surface area contributed by atoms with Crippen molar-refractivity contribution in [2.24, 2.45) is 5.92 Å². The maximum absolute atomic E-state index is 12.7. The minimum atomic E-state index is 0.251. The van der Waals surface area contributed by atoms with Crippen molar-refractivity contribution >= 4 is 23.6 Å². The van der Waals surface area contributed by atoms with E-state index in [-0.39, 0.29) is 5.91 Å². The van der Waals surface area contributed by atoms with Crippen LogP contribution in [0.3, 0.4) is 0 Å². The van der Waals surface area contributed by atoms with Gasteiger partial charge in [-0.2, -0.15) is 0 Å². The molecule has 1 amide bonds. The summed E-state index contributed by atoms with van der Waals surface area (Å²) in [7, 11) is 0. The number of likely N-dealkylation sites (tertiary alicyclic amines) is 1. The number of amides is 1. The van der Waals surface area contributed by atoms with E-state index >= 15 is 0 Å². The minimum absolute atomic E-state index is 0.251. The Labute approximate surface area is 160 Å². The van der Waals surface area contributed by atoms with Crippen molar-refractivity contribution in [3.63, 3.8) is 0 Å². The van der Waals surface area contributed by atoms with Crippen LogP contribution in [-0.2, 0) is 4.79 Å². The number of hydrogen-bond donors (Lipinski definition) is 0. The van der Waals surface area contributed by atoms with Gasteiger partial charge < -0.3 is 9.80 Å². The zero-order chi connectivity index (χ0) is 18.1. The highest BCUT2D eigenvalue weighted by Crippen LogP contribution is 2.41. The second-order valence-electron chi connectivity index (χ2n) is 8.27. The number of thioether (sulfide) groups is 1. The molecule has 26 heavy (non-hydrogen) atoms. The highest BCUT2D eigenvalue weighted by Gasteiger charge is 2.33. The van der Waals surface area contributed by atoms with Gasteiger partial charge in [-0.05, 0) is 57.8 Å². The third-order valence-electron chi connectivity index (χ3n) is 6.07. The van der Waals surface area contributed by atoms with Gasteiger partial charge in [0.05, 0.1) is 5.75 Å². The Kier molecular flexibility index (Phi) is 5.43. The molecule has 3 fully saturated rings. The Bertz CT molecular complexity index is 636. The fourth-order valence-electron chi connectivity index (χ4n) is 4.12. The molecular formula is C19H31N5OS. The SMILES string of the molecule is CC1CCN(c2nnc(SCC(=O)N3CCCCC3C)n2C2CC2)CC1. The topological polar surface area (TPSA) is 54.3 Å². The second-order valence-corrected chi connectivity index (χ2v) is 9.22. The van der Waals surface area contributed by atoms with Gasteiger partial charge in [0.15, 0.2) is 5.16 Å². The van der Waals surface area contributed by atoms with Crippen LogP contribution in [-0.4, -0.2) is 57.0 Å². The van der Waals surface area contributed by atoms with Crippen LogP contribution in [0.25, 0.3) is 0 Å². The van der Waals surface area contributed by atoms with Crippen molar-refractivity contribution in [3.05, 3.63) is 0 Å². The molecule has 6 nitrogen and oxygen atoms in total. The average molecular weight is 378 g/mol. The van der Waals surface area contributed by atoms with Gasteiger partial charge in [-0.3, -0.25) is 9.36 Å². The van der Waals surface area contributed by atoms with Crippen LogP contribution in [0.2, 0.25) is 0 Å². The zero-order valence-electron chi connectivity index (χ0n) is 16.1. The van der Waals surface area contributed by atoms with Crippen molar-refractivity contribution in [3.8, 4) is 0 Å². The first kappa shape index (κ1) is 18.1.